The predicted molar refractivity (Wildman–Crippen MR) is 103 cm³/mol. The molecule has 3 aromatic rings. The smallest absolute Gasteiger partial charge is 0.126 e. The van der Waals surface area contributed by atoms with E-state index in [4.69, 9.17) is 9.47 Å². The lowest BCUT2D eigenvalue weighted by atomic mass is 9.67. The Morgan fingerprint density at radius 3 is 1.46 bits per heavy atom. The summed E-state index contributed by atoms with van der Waals surface area (Å²) in [6.07, 6.45) is 0. The second-order valence-corrected chi connectivity index (χ2v) is 7.18. The monoisotopic (exact) mass is 338 g/mol. The lowest BCUT2D eigenvalue weighted by molar-refractivity contribution is 0.282. The molecule has 0 bridgehead atoms. The normalized spacial score (nSPS) is 22.0. The van der Waals surface area contributed by atoms with Crippen molar-refractivity contribution in [1.29, 1.82) is 0 Å². The molecule has 126 valence electrons. The van der Waals surface area contributed by atoms with Gasteiger partial charge in [0, 0.05) is 23.0 Å². The highest BCUT2D eigenvalue weighted by Gasteiger charge is 2.41. The van der Waals surface area contributed by atoms with Crippen LogP contribution in [0.1, 0.15) is 34.1 Å². The van der Waals surface area contributed by atoms with Gasteiger partial charge in [-0.2, -0.15) is 0 Å². The lowest BCUT2D eigenvalue weighted by Gasteiger charge is -2.41. The van der Waals surface area contributed by atoms with E-state index in [-0.39, 0.29) is 11.8 Å². The molecule has 0 spiro atoms. The quantitative estimate of drug-likeness (QED) is 0.556. The van der Waals surface area contributed by atoms with Crippen LogP contribution in [0.3, 0.4) is 0 Å². The zero-order valence-corrected chi connectivity index (χ0v) is 14.3. The van der Waals surface area contributed by atoms with Gasteiger partial charge in [-0.15, -0.1) is 0 Å². The number of ether oxygens (including phenoxy) is 2. The molecule has 0 radical (unpaired) electrons. The highest BCUT2D eigenvalue weighted by molar-refractivity contribution is 6.02. The van der Waals surface area contributed by atoms with Gasteiger partial charge in [-0.25, -0.2) is 0 Å². The summed E-state index contributed by atoms with van der Waals surface area (Å²) in [5.74, 6) is 2.54. The first-order valence-electron chi connectivity index (χ1n) is 9.19. The van der Waals surface area contributed by atoms with Crippen LogP contribution >= 0.6 is 0 Å². The number of hydrogen-bond donors (Lipinski definition) is 0. The van der Waals surface area contributed by atoms with Crippen LogP contribution in [0.2, 0.25) is 0 Å². The summed E-state index contributed by atoms with van der Waals surface area (Å²) in [7, 11) is 0. The van der Waals surface area contributed by atoms with E-state index in [1.54, 1.807) is 0 Å². The fourth-order valence-corrected chi connectivity index (χ4v) is 4.82. The lowest BCUT2D eigenvalue weighted by Crippen LogP contribution is -2.30. The van der Waals surface area contributed by atoms with Gasteiger partial charge in [0.1, 0.15) is 11.5 Å². The maximum Gasteiger partial charge on any atom is 0.126 e. The van der Waals surface area contributed by atoms with Crippen molar-refractivity contribution >= 4 is 11.1 Å². The molecule has 0 aromatic heterocycles. The molecule has 0 fully saturated rings. The fraction of sp³-hybridized carbons (Fsp3) is 0.167. The largest absolute Gasteiger partial charge is 0.492 e. The number of fused-ring (bicyclic) bond motifs is 9. The summed E-state index contributed by atoms with van der Waals surface area (Å²) in [5, 5.41) is 0. The third-order valence-electron chi connectivity index (χ3n) is 5.90. The number of benzene rings is 3. The molecular weight excluding hydrogens is 320 g/mol. The molecule has 0 amide bonds. The average Bonchev–Trinajstić information content (AvgIpc) is 2.73. The fourth-order valence-electron chi connectivity index (χ4n) is 4.82. The van der Waals surface area contributed by atoms with Crippen LogP contribution in [-0.2, 0) is 0 Å². The van der Waals surface area contributed by atoms with Gasteiger partial charge in [-0.1, -0.05) is 60.7 Å². The standard InChI is InChI=1S/C24H18O2/c1-2-8-16-15(7-1)19-13-25-21-11-5-3-9-17(21)23(19)24-18-10-4-6-12-22(18)26-14-20(16)24/h1-12,19-20H,13-14H2/t19-,20-/m0/s1. The Hall–Kier alpha value is -3.00. The summed E-state index contributed by atoms with van der Waals surface area (Å²) in [5.41, 5.74) is 8.07. The molecule has 0 saturated heterocycles. The van der Waals surface area contributed by atoms with Gasteiger partial charge in [0.05, 0.1) is 13.2 Å². The van der Waals surface area contributed by atoms with Crippen molar-refractivity contribution in [3.8, 4) is 11.5 Å². The van der Waals surface area contributed by atoms with Crippen molar-refractivity contribution in [2.45, 2.75) is 11.8 Å². The zero-order valence-electron chi connectivity index (χ0n) is 14.3. The molecule has 0 N–H and O–H groups in total. The molecule has 2 heterocycles. The van der Waals surface area contributed by atoms with E-state index in [2.05, 4.69) is 72.8 Å². The van der Waals surface area contributed by atoms with Gasteiger partial charge in [0.2, 0.25) is 0 Å². The molecule has 2 heteroatoms. The van der Waals surface area contributed by atoms with Gasteiger partial charge in [-0.3, -0.25) is 0 Å². The summed E-state index contributed by atoms with van der Waals surface area (Å²) >= 11 is 0. The van der Waals surface area contributed by atoms with Crippen molar-refractivity contribution < 1.29 is 9.47 Å². The Labute approximate surface area is 152 Å². The Balaban J connectivity index is 1.72. The SMILES string of the molecule is c1ccc2c(c1)OC[C@@H]1C2=C2c3ccccc3OC[C@H]2c2ccccc21. The summed E-state index contributed by atoms with van der Waals surface area (Å²) in [6, 6.07) is 25.7. The second-order valence-electron chi connectivity index (χ2n) is 7.18. The van der Waals surface area contributed by atoms with Crippen molar-refractivity contribution in [3.63, 3.8) is 0 Å². The molecule has 2 aliphatic heterocycles. The molecule has 1 aliphatic carbocycles. The summed E-state index contributed by atoms with van der Waals surface area (Å²) in [4.78, 5) is 0. The van der Waals surface area contributed by atoms with Crippen LogP contribution in [0.15, 0.2) is 72.8 Å². The zero-order chi connectivity index (χ0) is 17.1. The number of rotatable bonds is 0. The van der Waals surface area contributed by atoms with Gasteiger partial charge in [0.25, 0.3) is 0 Å². The molecule has 0 saturated carbocycles. The highest BCUT2D eigenvalue weighted by Crippen LogP contribution is 2.56. The van der Waals surface area contributed by atoms with Crippen LogP contribution in [0.4, 0.5) is 0 Å². The van der Waals surface area contributed by atoms with Crippen LogP contribution in [0.5, 0.6) is 11.5 Å². The molecule has 3 aliphatic rings. The Morgan fingerprint density at radius 2 is 0.962 bits per heavy atom. The minimum atomic E-state index is 0.276. The van der Waals surface area contributed by atoms with Crippen LogP contribution in [0.25, 0.3) is 11.1 Å². The van der Waals surface area contributed by atoms with E-state index in [0.29, 0.717) is 13.2 Å². The molecule has 26 heavy (non-hydrogen) atoms. The Kier molecular flexibility index (Phi) is 2.87. The third kappa shape index (κ3) is 1.82. The van der Waals surface area contributed by atoms with Crippen molar-refractivity contribution in [1.82, 2.24) is 0 Å². The van der Waals surface area contributed by atoms with Gasteiger partial charge in [-0.05, 0) is 34.4 Å². The molecule has 2 nitrogen and oxygen atoms in total. The number of para-hydroxylation sites is 2. The highest BCUT2D eigenvalue weighted by atomic mass is 16.5. The summed E-state index contributed by atoms with van der Waals surface area (Å²) in [6.45, 7) is 1.39. The molecule has 6 rings (SSSR count). The predicted octanol–water partition coefficient (Wildman–Crippen LogP) is 5.26. The minimum absolute atomic E-state index is 0.276. The molecule has 0 unspecified atom stereocenters. The molecular formula is C24H18O2. The van der Waals surface area contributed by atoms with Crippen molar-refractivity contribution in [2.75, 3.05) is 13.2 Å². The summed E-state index contributed by atoms with van der Waals surface area (Å²) < 4.78 is 12.3. The molecule has 2 atom stereocenters. The Morgan fingerprint density at radius 1 is 0.538 bits per heavy atom. The van der Waals surface area contributed by atoms with Crippen LogP contribution < -0.4 is 9.47 Å². The van der Waals surface area contributed by atoms with E-state index in [0.717, 1.165) is 11.5 Å². The average molecular weight is 338 g/mol. The first-order valence-corrected chi connectivity index (χ1v) is 9.19. The van der Waals surface area contributed by atoms with Crippen molar-refractivity contribution in [2.24, 2.45) is 0 Å². The maximum absolute atomic E-state index is 6.15. The topological polar surface area (TPSA) is 18.5 Å². The molecule has 3 aromatic carbocycles. The van der Waals surface area contributed by atoms with Crippen molar-refractivity contribution in [3.05, 3.63) is 95.1 Å². The third-order valence-corrected chi connectivity index (χ3v) is 5.90. The first-order chi connectivity index (χ1) is 12.9. The van der Waals surface area contributed by atoms with E-state index in [9.17, 15) is 0 Å². The van der Waals surface area contributed by atoms with E-state index in [1.807, 2.05) is 0 Å². The number of hydrogen-bond acceptors (Lipinski definition) is 2. The first kappa shape index (κ1) is 14.2. The Bertz CT molecular complexity index is 979. The van der Waals surface area contributed by atoms with Gasteiger partial charge < -0.3 is 9.47 Å². The maximum atomic E-state index is 6.15. The van der Waals surface area contributed by atoms with Crippen LogP contribution in [-0.4, -0.2) is 13.2 Å². The van der Waals surface area contributed by atoms with E-state index >= 15 is 0 Å². The van der Waals surface area contributed by atoms with Gasteiger partial charge in [0.15, 0.2) is 0 Å². The van der Waals surface area contributed by atoms with Crippen LogP contribution in [0, 0.1) is 0 Å². The van der Waals surface area contributed by atoms with Gasteiger partial charge >= 0.3 is 0 Å². The van der Waals surface area contributed by atoms with E-state index in [1.165, 1.54) is 33.4 Å². The van der Waals surface area contributed by atoms with E-state index < -0.39 is 0 Å². The second kappa shape index (κ2) is 5.25. The minimum Gasteiger partial charge on any atom is -0.492 e.